The minimum absolute atomic E-state index is 0.0200. The smallest absolute Gasteiger partial charge is 0.261 e. The van der Waals surface area contributed by atoms with Gasteiger partial charge in [0.2, 0.25) is 0 Å². The van der Waals surface area contributed by atoms with Crippen molar-refractivity contribution in [3.8, 4) is 0 Å². The summed E-state index contributed by atoms with van der Waals surface area (Å²) in [4.78, 5) is 26.6. The molecule has 0 aromatic heterocycles. The molecule has 0 unspecified atom stereocenters. The van der Waals surface area contributed by atoms with E-state index in [1.165, 1.54) is 30.3 Å². The number of sulfonamides is 1. The molecule has 2 amide bonds. The first-order valence-electron chi connectivity index (χ1n) is 9.11. The third kappa shape index (κ3) is 4.89. The predicted octanol–water partition coefficient (Wildman–Crippen LogP) is 2.85. The summed E-state index contributed by atoms with van der Waals surface area (Å²) in [5.74, 6) is -1.17. The van der Waals surface area contributed by atoms with Crippen molar-refractivity contribution in [2.24, 2.45) is 5.73 Å². The summed E-state index contributed by atoms with van der Waals surface area (Å²) in [5.41, 5.74) is 5.38. The van der Waals surface area contributed by atoms with Gasteiger partial charge < -0.3 is 10.6 Å². The molecule has 0 saturated heterocycles. The van der Waals surface area contributed by atoms with Crippen molar-refractivity contribution in [2.75, 3.05) is 17.8 Å². The number of carbonyl (C=O) groups excluding carboxylic acids is 2. The number of rotatable bonds is 9. The highest BCUT2D eigenvalue weighted by atomic mass is 32.2. The first kappa shape index (κ1) is 21.4. The van der Waals surface area contributed by atoms with Crippen LogP contribution < -0.4 is 10.5 Å². The maximum Gasteiger partial charge on any atom is 0.261 e. The summed E-state index contributed by atoms with van der Waals surface area (Å²) in [6.45, 7) is 4.96. The summed E-state index contributed by atoms with van der Waals surface area (Å²) in [6, 6.07) is 12.1. The van der Waals surface area contributed by atoms with Crippen LogP contribution >= 0.6 is 0 Å². The van der Waals surface area contributed by atoms with E-state index in [1.807, 2.05) is 13.8 Å². The normalized spacial score (nSPS) is 11.1. The Morgan fingerprint density at radius 1 is 0.929 bits per heavy atom. The van der Waals surface area contributed by atoms with Gasteiger partial charge in [-0.05, 0) is 37.1 Å². The summed E-state index contributed by atoms with van der Waals surface area (Å²) < 4.78 is 28.0. The van der Waals surface area contributed by atoms with Crippen molar-refractivity contribution in [1.82, 2.24) is 4.90 Å². The molecule has 0 aliphatic carbocycles. The lowest BCUT2D eigenvalue weighted by Crippen LogP contribution is -2.33. The van der Waals surface area contributed by atoms with Crippen LogP contribution in [0.25, 0.3) is 0 Å². The van der Waals surface area contributed by atoms with Crippen molar-refractivity contribution in [3.05, 3.63) is 59.7 Å². The third-order valence-electron chi connectivity index (χ3n) is 4.12. The second-order valence-corrected chi connectivity index (χ2v) is 7.99. The maximum atomic E-state index is 13.1. The Morgan fingerprint density at radius 2 is 1.50 bits per heavy atom. The van der Waals surface area contributed by atoms with Gasteiger partial charge in [0.05, 0.1) is 21.7 Å². The number of nitrogens with two attached hydrogens (primary N) is 1. The molecule has 0 atom stereocenters. The molecule has 7 nitrogen and oxygen atoms in total. The highest BCUT2D eigenvalue weighted by molar-refractivity contribution is 7.92. The molecule has 2 aromatic rings. The van der Waals surface area contributed by atoms with Crippen LogP contribution in [0.2, 0.25) is 0 Å². The summed E-state index contributed by atoms with van der Waals surface area (Å²) in [6.07, 6.45) is 1.51. The van der Waals surface area contributed by atoms with Crippen LogP contribution in [0.4, 0.5) is 5.69 Å². The average molecular weight is 404 g/mol. The number of hydrogen-bond acceptors (Lipinski definition) is 4. The number of hydrogen-bond donors (Lipinski definition) is 2. The van der Waals surface area contributed by atoms with Gasteiger partial charge in [-0.25, -0.2) is 8.42 Å². The Kier molecular flexibility index (Phi) is 7.17. The van der Waals surface area contributed by atoms with Crippen LogP contribution in [0.1, 0.15) is 47.4 Å². The lowest BCUT2D eigenvalue weighted by molar-refractivity contribution is 0.0756. The number of amides is 2. The monoisotopic (exact) mass is 403 g/mol. The molecule has 28 heavy (non-hydrogen) atoms. The van der Waals surface area contributed by atoms with E-state index < -0.39 is 15.9 Å². The number of para-hydroxylation sites is 1. The molecular weight excluding hydrogens is 378 g/mol. The first-order chi connectivity index (χ1) is 13.3. The molecule has 0 spiro atoms. The van der Waals surface area contributed by atoms with Crippen LogP contribution in [0, 0.1) is 0 Å². The molecule has 0 aliphatic heterocycles. The van der Waals surface area contributed by atoms with Gasteiger partial charge in [0.25, 0.3) is 21.8 Å². The molecule has 3 N–H and O–H groups in total. The van der Waals surface area contributed by atoms with Gasteiger partial charge >= 0.3 is 0 Å². The fourth-order valence-electron chi connectivity index (χ4n) is 2.86. The van der Waals surface area contributed by atoms with E-state index in [-0.39, 0.29) is 27.6 Å². The minimum Gasteiger partial charge on any atom is -0.366 e. The van der Waals surface area contributed by atoms with Crippen molar-refractivity contribution >= 4 is 27.5 Å². The van der Waals surface area contributed by atoms with Crippen molar-refractivity contribution in [2.45, 2.75) is 31.6 Å². The van der Waals surface area contributed by atoms with E-state index in [0.717, 1.165) is 12.8 Å². The molecule has 0 aliphatic rings. The second-order valence-electron chi connectivity index (χ2n) is 6.30. The minimum atomic E-state index is -4.00. The molecule has 2 rings (SSSR count). The molecular formula is C20H25N3O4S. The number of carbonyl (C=O) groups is 2. The third-order valence-corrected chi connectivity index (χ3v) is 5.49. The molecule has 150 valence electrons. The fourth-order valence-corrected chi connectivity index (χ4v) is 3.99. The molecule has 0 heterocycles. The quantitative estimate of drug-likeness (QED) is 0.671. The van der Waals surface area contributed by atoms with Gasteiger partial charge in [-0.2, -0.15) is 0 Å². The summed E-state index contributed by atoms with van der Waals surface area (Å²) in [5, 5.41) is 0. The Balaban J connectivity index is 2.55. The van der Waals surface area contributed by atoms with Gasteiger partial charge in [0.15, 0.2) is 0 Å². The Hall–Kier alpha value is -2.87. The number of nitrogens with zero attached hydrogens (tertiary/aromatic N) is 1. The zero-order chi connectivity index (χ0) is 20.7. The van der Waals surface area contributed by atoms with Gasteiger partial charge in [-0.3, -0.25) is 14.3 Å². The van der Waals surface area contributed by atoms with Gasteiger partial charge in [-0.1, -0.05) is 38.1 Å². The van der Waals surface area contributed by atoms with Crippen LogP contribution in [0.5, 0.6) is 0 Å². The fraction of sp³-hybridized carbons (Fsp3) is 0.300. The Labute approximate surface area is 165 Å². The average Bonchev–Trinajstić information content (AvgIpc) is 2.67. The van der Waals surface area contributed by atoms with Crippen molar-refractivity contribution < 1.29 is 18.0 Å². The number of benzene rings is 2. The van der Waals surface area contributed by atoms with E-state index in [0.29, 0.717) is 13.1 Å². The predicted molar refractivity (Wildman–Crippen MR) is 109 cm³/mol. The van der Waals surface area contributed by atoms with Crippen LogP contribution in [0.3, 0.4) is 0 Å². The molecule has 0 saturated carbocycles. The van der Waals surface area contributed by atoms with E-state index in [2.05, 4.69) is 4.72 Å². The van der Waals surface area contributed by atoms with E-state index in [9.17, 15) is 18.0 Å². The van der Waals surface area contributed by atoms with E-state index in [4.69, 9.17) is 5.73 Å². The first-order valence-corrected chi connectivity index (χ1v) is 10.6. The lowest BCUT2D eigenvalue weighted by atomic mass is 10.1. The molecule has 2 aromatic carbocycles. The van der Waals surface area contributed by atoms with Gasteiger partial charge in [0.1, 0.15) is 0 Å². The van der Waals surface area contributed by atoms with Crippen LogP contribution in [-0.4, -0.2) is 38.2 Å². The summed E-state index contributed by atoms with van der Waals surface area (Å²) >= 11 is 0. The molecule has 0 fully saturated rings. The Bertz CT molecular complexity index is 937. The number of anilines is 1. The zero-order valence-corrected chi connectivity index (χ0v) is 16.8. The SMILES string of the molecule is CCCN(CCC)C(=O)c1cccc(C(N)=O)c1NS(=O)(=O)c1ccccc1. The van der Waals surface area contributed by atoms with Crippen LogP contribution in [0.15, 0.2) is 53.4 Å². The number of primary amides is 1. The van der Waals surface area contributed by atoms with Crippen molar-refractivity contribution in [1.29, 1.82) is 0 Å². The highest BCUT2D eigenvalue weighted by Crippen LogP contribution is 2.26. The lowest BCUT2D eigenvalue weighted by Gasteiger charge is -2.24. The largest absolute Gasteiger partial charge is 0.366 e. The maximum absolute atomic E-state index is 13.1. The summed E-state index contributed by atoms with van der Waals surface area (Å²) in [7, 11) is -4.00. The second kappa shape index (κ2) is 9.36. The Morgan fingerprint density at radius 3 is 2.04 bits per heavy atom. The van der Waals surface area contributed by atoms with Gasteiger partial charge in [0, 0.05) is 13.1 Å². The zero-order valence-electron chi connectivity index (χ0n) is 16.0. The molecule has 8 heteroatoms. The molecule has 0 bridgehead atoms. The van der Waals surface area contributed by atoms with Crippen molar-refractivity contribution in [3.63, 3.8) is 0 Å². The van der Waals surface area contributed by atoms with Gasteiger partial charge in [-0.15, -0.1) is 0 Å². The van der Waals surface area contributed by atoms with E-state index in [1.54, 1.807) is 23.1 Å². The molecule has 0 radical (unpaired) electrons. The topological polar surface area (TPSA) is 110 Å². The number of nitrogens with one attached hydrogen (secondary N) is 1. The standard InChI is InChI=1S/C20H25N3O4S/c1-3-13-23(14-4-2)20(25)17-12-8-11-16(19(21)24)18(17)22-28(26,27)15-9-6-5-7-10-15/h5-12,22H,3-4,13-14H2,1-2H3,(H2,21,24). The van der Waals surface area contributed by atoms with E-state index >= 15 is 0 Å². The van der Waals surface area contributed by atoms with Crippen LogP contribution in [-0.2, 0) is 10.0 Å². The highest BCUT2D eigenvalue weighted by Gasteiger charge is 2.25.